The number of carbonyl (C=O) groups is 1. The molecule has 110 valence electrons. The van der Waals surface area contributed by atoms with E-state index in [1.54, 1.807) is 12.1 Å². The summed E-state index contributed by atoms with van der Waals surface area (Å²) < 4.78 is 0. The topological polar surface area (TPSA) is 75.6 Å². The summed E-state index contributed by atoms with van der Waals surface area (Å²) in [5, 5.41) is 0. The number of benzene rings is 1. The first-order chi connectivity index (χ1) is 9.60. The Morgan fingerprint density at radius 1 is 1.20 bits per heavy atom. The summed E-state index contributed by atoms with van der Waals surface area (Å²) in [4.78, 5) is 16.0. The molecule has 0 unspecified atom stereocenters. The number of nitrogens with zero attached hydrogens (tertiary/aromatic N) is 2. The number of nitrogens with two attached hydrogens (primary N) is 2. The highest BCUT2D eigenvalue weighted by Crippen LogP contribution is 2.17. The van der Waals surface area contributed by atoms with Crippen LogP contribution in [0, 0.1) is 0 Å². The van der Waals surface area contributed by atoms with Crippen molar-refractivity contribution in [3.8, 4) is 0 Å². The summed E-state index contributed by atoms with van der Waals surface area (Å²) in [5.41, 5.74) is 13.4. The van der Waals surface area contributed by atoms with Gasteiger partial charge in [-0.15, -0.1) is 0 Å². The number of nitrogen functional groups attached to an aromatic ring is 1. The van der Waals surface area contributed by atoms with E-state index < -0.39 is 5.91 Å². The number of carbonyl (C=O) groups excluding carboxylic acids is 1. The number of primary amides is 1. The Balaban J connectivity index is 1.93. The van der Waals surface area contributed by atoms with Gasteiger partial charge in [-0.25, -0.2) is 0 Å². The van der Waals surface area contributed by atoms with E-state index in [0.717, 1.165) is 38.3 Å². The average Bonchev–Trinajstić information content (AvgIpc) is 2.43. The maximum Gasteiger partial charge on any atom is 0.248 e. The lowest BCUT2D eigenvalue weighted by Gasteiger charge is -2.34. The van der Waals surface area contributed by atoms with Crippen LogP contribution in [0.15, 0.2) is 18.2 Å². The normalized spacial score (nSPS) is 17.2. The molecule has 0 aromatic heterocycles. The van der Waals surface area contributed by atoms with Gasteiger partial charge in [0, 0.05) is 44.0 Å². The van der Waals surface area contributed by atoms with E-state index in [1.807, 2.05) is 6.07 Å². The van der Waals surface area contributed by atoms with Crippen LogP contribution >= 0.6 is 0 Å². The van der Waals surface area contributed by atoms with Crippen LogP contribution in [0.5, 0.6) is 0 Å². The van der Waals surface area contributed by atoms with Crippen LogP contribution in [0.3, 0.4) is 0 Å². The van der Waals surface area contributed by atoms with Gasteiger partial charge in [0.05, 0.1) is 0 Å². The van der Waals surface area contributed by atoms with Crippen molar-refractivity contribution < 1.29 is 4.79 Å². The highest BCUT2D eigenvalue weighted by molar-refractivity contribution is 5.93. The van der Waals surface area contributed by atoms with Gasteiger partial charge in [-0.05, 0) is 30.7 Å². The van der Waals surface area contributed by atoms with Gasteiger partial charge in [-0.3, -0.25) is 9.69 Å². The van der Waals surface area contributed by atoms with Gasteiger partial charge in [0.1, 0.15) is 0 Å². The number of piperazine rings is 1. The Bertz CT molecular complexity index is 467. The molecule has 1 aliphatic rings. The predicted octanol–water partition coefficient (Wildman–Crippen LogP) is 0.895. The molecule has 5 nitrogen and oxygen atoms in total. The van der Waals surface area contributed by atoms with Crippen LogP contribution in [-0.2, 0) is 6.54 Å². The summed E-state index contributed by atoms with van der Waals surface area (Å²) >= 11 is 0. The van der Waals surface area contributed by atoms with E-state index in [-0.39, 0.29) is 0 Å². The fourth-order valence-corrected chi connectivity index (χ4v) is 2.62. The second-order valence-electron chi connectivity index (χ2n) is 5.40. The van der Waals surface area contributed by atoms with Gasteiger partial charge in [-0.2, -0.15) is 0 Å². The van der Waals surface area contributed by atoms with Crippen LogP contribution < -0.4 is 11.5 Å². The fourth-order valence-electron chi connectivity index (χ4n) is 2.62. The van der Waals surface area contributed by atoms with Crippen LogP contribution in [0.4, 0.5) is 5.69 Å². The average molecular weight is 276 g/mol. The van der Waals surface area contributed by atoms with E-state index in [2.05, 4.69) is 16.7 Å². The molecule has 1 aromatic rings. The highest BCUT2D eigenvalue weighted by atomic mass is 16.1. The third-order valence-electron chi connectivity index (χ3n) is 3.83. The van der Waals surface area contributed by atoms with Gasteiger partial charge in [0.25, 0.3) is 0 Å². The summed E-state index contributed by atoms with van der Waals surface area (Å²) in [7, 11) is 0. The molecule has 0 atom stereocenters. The second-order valence-corrected chi connectivity index (χ2v) is 5.40. The van der Waals surface area contributed by atoms with Crippen molar-refractivity contribution in [2.45, 2.75) is 19.9 Å². The molecule has 0 aliphatic carbocycles. The van der Waals surface area contributed by atoms with Crippen molar-refractivity contribution in [1.82, 2.24) is 9.80 Å². The first kappa shape index (κ1) is 14.8. The molecule has 1 amide bonds. The highest BCUT2D eigenvalue weighted by Gasteiger charge is 2.17. The second kappa shape index (κ2) is 6.72. The number of rotatable bonds is 5. The van der Waals surface area contributed by atoms with Crippen molar-refractivity contribution in [3.63, 3.8) is 0 Å². The van der Waals surface area contributed by atoms with E-state index in [4.69, 9.17) is 11.5 Å². The lowest BCUT2D eigenvalue weighted by Crippen LogP contribution is -2.46. The number of anilines is 1. The van der Waals surface area contributed by atoms with Crippen LogP contribution in [-0.4, -0.2) is 48.4 Å². The zero-order valence-corrected chi connectivity index (χ0v) is 12.1. The SMILES string of the molecule is CCCN1CCN(Cc2ccc(C(N)=O)cc2N)CC1. The van der Waals surface area contributed by atoms with Gasteiger partial charge in [0.15, 0.2) is 0 Å². The molecule has 1 saturated heterocycles. The molecule has 1 aliphatic heterocycles. The van der Waals surface area contributed by atoms with E-state index in [1.165, 1.54) is 13.0 Å². The Hall–Kier alpha value is -1.59. The summed E-state index contributed by atoms with van der Waals surface area (Å²) in [6, 6.07) is 5.33. The molecule has 0 radical (unpaired) electrons. The molecule has 2 rings (SSSR count). The predicted molar refractivity (Wildman–Crippen MR) is 81.4 cm³/mol. The molecule has 4 N–H and O–H groups in total. The largest absolute Gasteiger partial charge is 0.398 e. The molecule has 20 heavy (non-hydrogen) atoms. The molecule has 1 aromatic carbocycles. The fraction of sp³-hybridized carbons (Fsp3) is 0.533. The number of hydrogen-bond donors (Lipinski definition) is 2. The Morgan fingerprint density at radius 2 is 1.85 bits per heavy atom. The minimum Gasteiger partial charge on any atom is -0.398 e. The standard InChI is InChI=1S/C15H24N4O/c1-2-5-18-6-8-19(9-7-18)11-13-4-3-12(15(17)20)10-14(13)16/h3-4,10H,2,5-9,11,16H2,1H3,(H2,17,20). The first-order valence-corrected chi connectivity index (χ1v) is 7.23. The third kappa shape index (κ3) is 3.71. The summed E-state index contributed by atoms with van der Waals surface area (Å²) in [6.45, 7) is 8.61. The van der Waals surface area contributed by atoms with Crippen molar-refractivity contribution in [3.05, 3.63) is 29.3 Å². The quantitative estimate of drug-likeness (QED) is 0.783. The molecule has 0 spiro atoms. The Kier molecular flexibility index (Phi) is 4.98. The van der Waals surface area contributed by atoms with Gasteiger partial charge in [-0.1, -0.05) is 13.0 Å². The van der Waals surface area contributed by atoms with E-state index >= 15 is 0 Å². The molecule has 0 saturated carbocycles. The third-order valence-corrected chi connectivity index (χ3v) is 3.83. The number of hydrogen-bond acceptors (Lipinski definition) is 4. The monoisotopic (exact) mass is 276 g/mol. The smallest absolute Gasteiger partial charge is 0.248 e. The number of amides is 1. The lowest BCUT2D eigenvalue weighted by atomic mass is 10.1. The molecular weight excluding hydrogens is 252 g/mol. The van der Waals surface area contributed by atoms with Crippen molar-refractivity contribution in [2.24, 2.45) is 5.73 Å². The van der Waals surface area contributed by atoms with Gasteiger partial charge in [0.2, 0.25) is 5.91 Å². The van der Waals surface area contributed by atoms with Crippen molar-refractivity contribution in [2.75, 3.05) is 38.5 Å². The van der Waals surface area contributed by atoms with Gasteiger partial charge < -0.3 is 16.4 Å². The zero-order valence-electron chi connectivity index (χ0n) is 12.1. The lowest BCUT2D eigenvalue weighted by molar-refractivity contribution is 0.1000. The molecule has 5 heteroatoms. The van der Waals surface area contributed by atoms with Crippen molar-refractivity contribution >= 4 is 11.6 Å². The molecule has 1 fully saturated rings. The van der Waals surface area contributed by atoms with E-state index in [0.29, 0.717) is 11.3 Å². The van der Waals surface area contributed by atoms with Crippen LogP contribution in [0.1, 0.15) is 29.3 Å². The molecular formula is C15H24N4O. The van der Waals surface area contributed by atoms with Crippen molar-refractivity contribution in [1.29, 1.82) is 0 Å². The minimum atomic E-state index is -0.434. The summed E-state index contributed by atoms with van der Waals surface area (Å²) in [6.07, 6.45) is 1.21. The Morgan fingerprint density at radius 3 is 2.40 bits per heavy atom. The minimum absolute atomic E-state index is 0.434. The molecule has 0 bridgehead atoms. The summed E-state index contributed by atoms with van der Waals surface area (Å²) in [5.74, 6) is -0.434. The Labute approximate surface area is 120 Å². The molecule has 1 heterocycles. The maximum atomic E-state index is 11.1. The van der Waals surface area contributed by atoms with Gasteiger partial charge >= 0.3 is 0 Å². The van der Waals surface area contributed by atoms with Crippen LogP contribution in [0.2, 0.25) is 0 Å². The maximum absolute atomic E-state index is 11.1. The van der Waals surface area contributed by atoms with Crippen LogP contribution in [0.25, 0.3) is 0 Å². The first-order valence-electron chi connectivity index (χ1n) is 7.23. The van der Waals surface area contributed by atoms with E-state index in [9.17, 15) is 4.79 Å². The zero-order chi connectivity index (χ0) is 14.5.